The monoisotopic (exact) mass is 195 g/mol. The van der Waals surface area contributed by atoms with Crippen molar-refractivity contribution in [3.63, 3.8) is 0 Å². The number of rotatable bonds is 1. The van der Waals surface area contributed by atoms with Gasteiger partial charge in [-0.2, -0.15) is 4.98 Å². The van der Waals surface area contributed by atoms with Gasteiger partial charge < -0.3 is 5.48 Å². The molecule has 0 saturated carbocycles. The zero-order valence-electron chi connectivity index (χ0n) is 6.74. The second kappa shape index (κ2) is 3.97. The zero-order valence-corrected chi connectivity index (χ0v) is 7.56. The summed E-state index contributed by atoms with van der Waals surface area (Å²) in [6.45, 7) is 0. The van der Waals surface area contributed by atoms with Gasteiger partial charge in [-0.1, -0.05) is 30.3 Å². The van der Waals surface area contributed by atoms with Crippen LogP contribution >= 0.6 is 12.2 Å². The summed E-state index contributed by atoms with van der Waals surface area (Å²) < 4.78 is 0.480. The molecule has 0 aliphatic rings. The lowest BCUT2D eigenvalue weighted by Gasteiger charge is -1.91. The Morgan fingerprint density at radius 3 is 2.31 bits per heavy atom. The molecule has 68 valence electrons. The molecule has 0 amide bonds. The van der Waals surface area contributed by atoms with Crippen LogP contribution in [0.25, 0.3) is 11.4 Å². The van der Waals surface area contributed by atoms with Gasteiger partial charge in [-0.25, -0.2) is 0 Å². The third-order valence-corrected chi connectivity index (χ3v) is 1.74. The minimum absolute atomic E-state index is 0. The van der Waals surface area contributed by atoms with Crippen molar-refractivity contribution in [2.24, 2.45) is 0 Å². The smallest absolute Gasteiger partial charge is 0.213 e. The lowest BCUT2D eigenvalue weighted by molar-refractivity contribution is 0.824. The number of aromatic nitrogens is 3. The molecule has 1 heterocycles. The zero-order chi connectivity index (χ0) is 8.39. The predicted molar refractivity (Wildman–Crippen MR) is 52.8 cm³/mol. The molecule has 0 bridgehead atoms. The highest BCUT2D eigenvalue weighted by atomic mass is 32.1. The van der Waals surface area contributed by atoms with E-state index in [1.54, 1.807) is 0 Å². The normalized spacial score (nSPS) is 9.23. The van der Waals surface area contributed by atoms with E-state index >= 15 is 0 Å². The SMILES string of the molecule is O.S=c1nc(-c2ccccc2)[nH][nH]1. The Kier molecular flexibility index (Phi) is 2.94. The van der Waals surface area contributed by atoms with Crippen molar-refractivity contribution in [3.05, 3.63) is 35.1 Å². The van der Waals surface area contributed by atoms with E-state index in [0.29, 0.717) is 4.77 Å². The maximum Gasteiger partial charge on any atom is 0.213 e. The lowest BCUT2D eigenvalue weighted by atomic mass is 10.2. The fourth-order valence-corrected chi connectivity index (χ4v) is 1.15. The van der Waals surface area contributed by atoms with Crippen LogP contribution < -0.4 is 0 Å². The van der Waals surface area contributed by atoms with Crippen LogP contribution in [0.3, 0.4) is 0 Å². The highest BCUT2D eigenvalue weighted by Crippen LogP contribution is 2.11. The van der Waals surface area contributed by atoms with Gasteiger partial charge in [-0.3, -0.25) is 10.2 Å². The molecular weight excluding hydrogens is 186 g/mol. The van der Waals surface area contributed by atoms with E-state index in [2.05, 4.69) is 15.2 Å². The van der Waals surface area contributed by atoms with Crippen LogP contribution in [0.1, 0.15) is 0 Å². The van der Waals surface area contributed by atoms with Gasteiger partial charge in [0, 0.05) is 5.56 Å². The van der Waals surface area contributed by atoms with Crippen LogP contribution in [0.5, 0.6) is 0 Å². The average Bonchev–Trinajstić information content (AvgIpc) is 2.54. The van der Waals surface area contributed by atoms with Crippen LogP contribution in [0.2, 0.25) is 0 Å². The Hall–Kier alpha value is -1.46. The average molecular weight is 195 g/mol. The van der Waals surface area contributed by atoms with Crippen molar-refractivity contribution < 1.29 is 5.48 Å². The van der Waals surface area contributed by atoms with E-state index in [-0.39, 0.29) is 5.48 Å². The van der Waals surface area contributed by atoms with Crippen LogP contribution in [0.15, 0.2) is 30.3 Å². The molecule has 0 fully saturated rings. The highest BCUT2D eigenvalue weighted by molar-refractivity contribution is 7.71. The minimum Gasteiger partial charge on any atom is -0.412 e. The van der Waals surface area contributed by atoms with Gasteiger partial charge in [-0.15, -0.1) is 0 Å². The van der Waals surface area contributed by atoms with Crippen molar-refractivity contribution in [2.45, 2.75) is 0 Å². The van der Waals surface area contributed by atoms with Crippen molar-refractivity contribution in [2.75, 3.05) is 0 Å². The quantitative estimate of drug-likeness (QED) is 0.673. The Balaban J connectivity index is 0.000000845. The first-order valence-corrected chi connectivity index (χ1v) is 3.97. The van der Waals surface area contributed by atoms with E-state index in [4.69, 9.17) is 12.2 Å². The number of aromatic amines is 2. The van der Waals surface area contributed by atoms with Crippen LogP contribution in [0.4, 0.5) is 0 Å². The van der Waals surface area contributed by atoms with Crippen molar-refractivity contribution in [1.29, 1.82) is 0 Å². The van der Waals surface area contributed by atoms with E-state index in [9.17, 15) is 0 Å². The summed E-state index contributed by atoms with van der Waals surface area (Å²) in [6, 6.07) is 9.83. The molecule has 2 rings (SSSR count). The number of hydrogen-bond donors (Lipinski definition) is 2. The molecule has 0 unspecified atom stereocenters. The highest BCUT2D eigenvalue weighted by Gasteiger charge is 1.97. The summed E-state index contributed by atoms with van der Waals surface area (Å²) in [7, 11) is 0. The van der Waals surface area contributed by atoms with E-state index in [1.165, 1.54) is 0 Å². The molecule has 5 heteroatoms. The summed E-state index contributed by atoms with van der Waals surface area (Å²) in [5, 5.41) is 5.63. The summed E-state index contributed by atoms with van der Waals surface area (Å²) in [5.41, 5.74) is 1.03. The molecule has 1 aromatic carbocycles. The van der Waals surface area contributed by atoms with Gasteiger partial charge in [0.25, 0.3) is 0 Å². The topological polar surface area (TPSA) is 76.0 Å². The standard InChI is InChI=1S/C8H7N3S.H2O/c12-8-9-7(10-11-8)6-4-2-1-3-5-6;/h1-5H,(H2,9,10,11,12);1H2. The fraction of sp³-hybridized carbons (Fsp3) is 0. The van der Waals surface area contributed by atoms with Gasteiger partial charge >= 0.3 is 0 Å². The van der Waals surface area contributed by atoms with E-state index in [1.807, 2.05) is 30.3 Å². The molecule has 0 saturated heterocycles. The van der Waals surface area contributed by atoms with Crippen LogP contribution in [-0.4, -0.2) is 20.7 Å². The molecule has 0 aliphatic carbocycles. The number of benzene rings is 1. The third kappa shape index (κ3) is 2.01. The third-order valence-electron chi connectivity index (χ3n) is 1.55. The molecule has 0 aliphatic heterocycles. The summed E-state index contributed by atoms with van der Waals surface area (Å²) in [5.74, 6) is 0.778. The van der Waals surface area contributed by atoms with Crippen molar-refractivity contribution in [3.8, 4) is 11.4 Å². The number of hydrogen-bond acceptors (Lipinski definition) is 2. The Morgan fingerprint density at radius 2 is 1.77 bits per heavy atom. The predicted octanol–water partition coefficient (Wildman–Crippen LogP) is 1.31. The first-order chi connectivity index (χ1) is 5.86. The number of H-pyrrole nitrogens is 2. The molecular formula is C8H9N3OS. The Bertz CT molecular complexity index is 420. The summed E-state index contributed by atoms with van der Waals surface area (Å²) in [4.78, 5) is 4.08. The van der Waals surface area contributed by atoms with Crippen molar-refractivity contribution in [1.82, 2.24) is 15.2 Å². The second-order valence-corrected chi connectivity index (χ2v) is 2.77. The first-order valence-electron chi connectivity index (χ1n) is 3.56. The molecule has 4 N–H and O–H groups in total. The van der Waals surface area contributed by atoms with Crippen LogP contribution in [-0.2, 0) is 0 Å². The van der Waals surface area contributed by atoms with E-state index in [0.717, 1.165) is 11.4 Å². The van der Waals surface area contributed by atoms with Gasteiger partial charge in [0.1, 0.15) is 0 Å². The summed E-state index contributed by atoms with van der Waals surface area (Å²) in [6.07, 6.45) is 0. The molecule has 0 radical (unpaired) electrons. The van der Waals surface area contributed by atoms with Gasteiger partial charge in [0.05, 0.1) is 0 Å². The summed E-state index contributed by atoms with van der Waals surface area (Å²) >= 11 is 4.83. The molecule has 13 heavy (non-hydrogen) atoms. The van der Waals surface area contributed by atoms with E-state index < -0.39 is 0 Å². The number of nitrogens with one attached hydrogen (secondary N) is 2. The van der Waals surface area contributed by atoms with Gasteiger partial charge in [-0.05, 0) is 12.2 Å². The molecule has 1 aromatic heterocycles. The second-order valence-electron chi connectivity index (χ2n) is 2.38. The van der Waals surface area contributed by atoms with Gasteiger partial charge in [0.2, 0.25) is 4.77 Å². The number of nitrogens with zero attached hydrogens (tertiary/aromatic N) is 1. The minimum atomic E-state index is 0. The molecule has 0 spiro atoms. The first kappa shape index (κ1) is 9.63. The van der Waals surface area contributed by atoms with Crippen LogP contribution in [0, 0.1) is 4.77 Å². The Labute approximate surface area is 79.9 Å². The fourth-order valence-electron chi connectivity index (χ4n) is 1.00. The molecule has 0 atom stereocenters. The largest absolute Gasteiger partial charge is 0.412 e. The Morgan fingerprint density at radius 1 is 1.08 bits per heavy atom. The van der Waals surface area contributed by atoms with Gasteiger partial charge in [0.15, 0.2) is 5.82 Å². The van der Waals surface area contributed by atoms with Crippen molar-refractivity contribution >= 4 is 12.2 Å². The maximum absolute atomic E-state index is 4.83. The lowest BCUT2D eigenvalue weighted by Crippen LogP contribution is -1.78. The molecule has 4 nitrogen and oxygen atoms in total. The molecule has 2 aromatic rings. The maximum atomic E-state index is 4.83.